The third-order valence-electron chi connectivity index (χ3n) is 5.56. The van der Waals surface area contributed by atoms with Crippen LogP contribution in [0.3, 0.4) is 0 Å². The van der Waals surface area contributed by atoms with Gasteiger partial charge < -0.3 is 15.1 Å². The first-order chi connectivity index (χ1) is 13.6. The zero-order valence-corrected chi connectivity index (χ0v) is 16.7. The van der Waals surface area contributed by atoms with Gasteiger partial charge in [0.2, 0.25) is 0 Å². The number of benzene rings is 2. The molecule has 1 saturated heterocycles. The Morgan fingerprint density at radius 1 is 1.14 bits per heavy atom. The number of halogens is 3. The minimum Gasteiger partial charge on any atom is -0.349 e. The first kappa shape index (κ1) is 19.5. The summed E-state index contributed by atoms with van der Waals surface area (Å²) in [5.41, 5.74) is 0.705. The summed E-state index contributed by atoms with van der Waals surface area (Å²) in [6.07, 6.45) is 0. The van der Waals surface area contributed by atoms with Gasteiger partial charge in [-0.15, -0.1) is 0 Å². The average Bonchev–Trinajstić information content (AvgIpc) is 2.85. The van der Waals surface area contributed by atoms with E-state index in [9.17, 15) is 18.8 Å². The Bertz CT molecular complexity index is 1020. The molecule has 8 heteroatoms. The Labute approximate surface area is 172 Å². The van der Waals surface area contributed by atoms with Crippen LogP contribution in [0.1, 0.15) is 19.4 Å². The van der Waals surface area contributed by atoms with Gasteiger partial charge in [-0.3, -0.25) is 0 Å². The summed E-state index contributed by atoms with van der Waals surface area (Å²) in [5.74, 6) is -0.862. The molecule has 0 spiro atoms. The highest BCUT2D eigenvalue weighted by molar-refractivity contribution is 6.30. The van der Waals surface area contributed by atoms with Crippen LogP contribution in [-0.2, 0) is 5.41 Å². The number of urea groups is 1. The van der Waals surface area contributed by atoms with Crippen molar-refractivity contribution in [3.05, 3.63) is 58.6 Å². The smallest absolute Gasteiger partial charge is 0.322 e. The summed E-state index contributed by atoms with van der Waals surface area (Å²) in [6, 6.07) is 10.3. The van der Waals surface area contributed by atoms with Crippen molar-refractivity contribution < 1.29 is 13.6 Å². The Balaban J connectivity index is 1.52. The molecule has 5 nitrogen and oxygen atoms in total. The molecule has 29 heavy (non-hydrogen) atoms. The van der Waals surface area contributed by atoms with E-state index >= 15 is 0 Å². The van der Waals surface area contributed by atoms with E-state index in [1.807, 2.05) is 18.7 Å². The number of amides is 2. The lowest BCUT2D eigenvalue weighted by molar-refractivity contribution is 0.130. The number of likely N-dealkylation sites (tertiary alicyclic amines) is 1. The molecule has 2 aliphatic heterocycles. The highest BCUT2D eigenvalue weighted by Gasteiger charge is 2.54. The molecule has 1 fully saturated rings. The van der Waals surface area contributed by atoms with Gasteiger partial charge in [0, 0.05) is 28.4 Å². The maximum absolute atomic E-state index is 13.8. The van der Waals surface area contributed by atoms with E-state index in [4.69, 9.17) is 11.6 Å². The van der Waals surface area contributed by atoms with Crippen molar-refractivity contribution in [3.63, 3.8) is 0 Å². The van der Waals surface area contributed by atoms with Crippen LogP contribution in [0.5, 0.6) is 0 Å². The van der Waals surface area contributed by atoms with Crippen molar-refractivity contribution >= 4 is 29.0 Å². The van der Waals surface area contributed by atoms with Gasteiger partial charge in [0.1, 0.15) is 11.6 Å². The quantitative estimate of drug-likeness (QED) is 0.782. The number of nitrogens with zero attached hydrogens (tertiary/aromatic N) is 3. The molecule has 0 aromatic heterocycles. The molecule has 1 N–H and O–H groups in total. The second-order valence-corrected chi connectivity index (χ2v) is 8.66. The van der Waals surface area contributed by atoms with Crippen LogP contribution in [0.4, 0.5) is 25.0 Å². The molecule has 0 saturated carbocycles. The molecule has 4 rings (SSSR count). The van der Waals surface area contributed by atoms with Crippen LogP contribution in [0.15, 0.2) is 36.4 Å². The fourth-order valence-electron chi connectivity index (χ4n) is 4.09. The first-order valence-corrected chi connectivity index (χ1v) is 9.52. The van der Waals surface area contributed by atoms with Crippen LogP contribution in [0.2, 0.25) is 5.02 Å². The van der Waals surface area contributed by atoms with Crippen molar-refractivity contribution in [1.82, 2.24) is 4.90 Å². The normalized spacial score (nSPS) is 18.6. The molecule has 2 heterocycles. The topological polar surface area (TPSA) is 59.4 Å². The molecule has 0 radical (unpaired) electrons. The highest BCUT2D eigenvalue weighted by Crippen LogP contribution is 2.46. The summed E-state index contributed by atoms with van der Waals surface area (Å²) in [7, 11) is 0. The Kier molecular flexibility index (Phi) is 4.43. The molecule has 0 unspecified atom stereocenters. The molecule has 150 valence electrons. The SMILES string of the molecule is CC1(C)CN(C2(C#N)CN(C(=O)Nc3cc(F)cc(Cl)c3)C2)c2ccc(F)cc21. The van der Waals surface area contributed by atoms with E-state index < -0.39 is 17.4 Å². The Morgan fingerprint density at radius 3 is 2.52 bits per heavy atom. The van der Waals surface area contributed by atoms with Crippen LogP contribution < -0.4 is 10.2 Å². The van der Waals surface area contributed by atoms with Gasteiger partial charge in [-0.2, -0.15) is 5.26 Å². The zero-order chi connectivity index (χ0) is 21.0. The number of fused-ring (bicyclic) bond motifs is 1. The molecule has 2 aromatic rings. The number of carbonyl (C=O) groups excluding carboxylic acids is 1. The lowest BCUT2D eigenvalue weighted by Gasteiger charge is -2.51. The van der Waals surface area contributed by atoms with E-state index in [1.165, 1.54) is 29.2 Å². The summed E-state index contributed by atoms with van der Waals surface area (Å²) >= 11 is 5.82. The van der Waals surface area contributed by atoms with Crippen molar-refractivity contribution in [2.45, 2.75) is 24.8 Å². The molecule has 2 amide bonds. The monoisotopic (exact) mass is 416 g/mol. The van der Waals surface area contributed by atoms with E-state index in [0.717, 1.165) is 17.3 Å². The van der Waals surface area contributed by atoms with Crippen molar-refractivity contribution in [2.24, 2.45) is 0 Å². The van der Waals surface area contributed by atoms with Crippen LogP contribution in [0.25, 0.3) is 0 Å². The van der Waals surface area contributed by atoms with Crippen molar-refractivity contribution in [3.8, 4) is 6.07 Å². The maximum Gasteiger partial charge on any atom is 0.322 e. The van der Waals surface area contributed by atoms with Crippen LogP contribution >= 0.6 is 11.6 Å². The summed E-state index contributed by atoms with van der Waals surface area (Å²) in [5, 5.41) is 12.7. The summed E-state index contributed by atoms with van der Waals surface area (Å²) < 4.78 is 27.2. The fraction of sp³-hybridized carbons (Fsp3) is 0.333. The van der Waals surface area contributed by atoms with Gasteiger partial charge in [-0.25, -0.2) is 13.6 Å². The standard InChI is InChI=1S/C21H19ClF2N4O/c1-20(2)10-28(18-4-3-14(23)8-17(18)20)21(9-25)11-27(12-21)19(29)26-16-6-13(22)5-15(24)7-16/h3-8H,10-12H2,1-2H3,(H,26,29). The number of carbonyl (C=O) groups is 1. The predicted octanol–water partition coefficient (Wildman–Crippen LogP) is 4.53. The molecule has 2 aliphatic rings. The maximum atomic E-state index is 13.8. The Hall–Kier alpha value is -2.85. The zero-order valence-electron chi connectivity index (χ0n) is 16.0. The molecular weight excluding hydrogens is 398 g/mol. The second kappa shape index (κ2) is 6.60. The van der Waals surface area contributed by atoms with E-state index in [-0.39, 0.29) is 35.0 Å². The van der Waals surface area contributed by atoms with E-state index in [2.05, 4.69) is 11.4 Å². The number of nitrogens with one attached hydrogen (secondary N) is 1. The largest absolute Gasteiger partial charge is 0.349 e. The molecule has 0 atom stereocenters. The predicted molar refractivity (Wildman–Crippen MR) is 107 cm³/mol. The van der Waals surface area contributed by atoms with Gasteiger partial charge in [0.25, 0.3) is 0 Å². The fourth-order valence-corrected chi connectivity index (χ4v) is 4.31. The minimum absolute atomic E-state index is 0.179. The number of anilines is 2. The lowest BCUT2D eigenvalue weighted by Crippen LogP contribution is -2.71. The van der Waals surface area contributed by atoms with Gasteiger partial charge in [-0.1, -0.05) is 25.4 Å². The van der Waals surface area contributed by atoms with Gasteiger partial charge >= 0.3 is 6.03 Å². The Morgan fingerprint density at radius 2 is 1.86 bits per heavy atom. The number of hydrogen-bond donors (Lipinski definition) is 1. The lowest BCUT2D eigenvalue weighted by atomic mass is 9.86. The summed E-state index contributed by atoms with van der Waals surface area (Å²) in [6.45, 7) is 4.94. The molecule has 0 bridgehead atoms. The third-order valence-corrected chi connectivity index (χ3v) is 5.78. The second-order valence-electron chi connectivity index (χ2n) is 8.22. The van der Waals surface area contributed by atoms with E-state index in [1.54, 1.807) is 6.07 Å². The van der Waals surface area contributed by atoms with Gasteiger partial charge in [0.15, 0.2) is 5.54 Å². The van der Waals surface area contributed by atoms with Crippen molar-refractivity contribution in [2.75, 3.05) is 29.9 Å². The summed E-state index contributed by atoms with van der Waals surface area (Å²) in [4.78, 5) is 16.0. The number of rotatable bonds is 2. The average molecular weight is 417 g/mol. The number of hydrogen-bond acceptors (Lipinski definition) is 3. The number of nitriles is 1. The molecule has 2 aromatic carbocycles. The minimum atomic E-state index is -0.892. The van der Waals surface area contributed by atoms with Gasteiger partial charge in [-0.05, 0) is 42.0 Å². The van der Waals surface area contributed by atoms with Crippen molar-refractivity contribution in [1.29, 1.82) is 5.26 Å². The van der Waals surface area contributed by atoms with E-state index in [0.29, 0.717) is 6.54 Å². The van der Waals surface area contributed by atoms with Crippen LogP contribution in [-0.4, -0.2) is 36.1 Å². The van der Waals surface area contributed by atoms with Gasteiger partial charge in [0.05, 0.1) is 19.2 Å². The molecule has 0 aliphatic carbocycles. The first-order valence-electron chi connectivity index (χ1n) is 9.14. The molecular formula is C21H19ClF2N4O. The highest BCUT2D eigenvalue weighted by atomic mass is 35.5. The van der Waals surface area contributed by atoms with Crippen LogP contribution in [0, 0.1) is 23.0 Å². The third kappa shape index (κ3) is 3.28.